The first-order valence-corrected chi connectivity index (χ1v) is 19.1. The van der Waals surface area contributed by atoms with Crippen LogP contribution in [-0.4, -0.2) is 18.4 Å². The Kier molecular flexibility index (Phi) is 7.64. The van der Waals surface area contributed by atoms with Gasteiger partial charge in [-0.2, -0.15) is 0 Å². The largest absolute Gasteiger partial charge is 0.455 e. The van der Waals surface area contributed by atoms with Gasteiger partial charge in [-0.3, -0.25) is 4.99 Å². The molecular weight excluding hydrogens is 699 g/mol. The first-order valence-electron chi connectivity index (χ1n) is 19.1. The second-order valence-corrected chi connectivity index (χ2v) is 14.3. The maximum absolute atomic E-state index is 6.78. The summed E-state index contributed by atoms with van der Waals surface area (Å²) >= 11 is 0. The number of nitrogens with zero attached hydrogens (tertiary/aromatic N) is 3. The first kappa shape index (κ1) is 32.8. The highest BCUT2D eigenvalue weighted by molar-refractivity contribution is 6.26. The summed E-state index contributed by atoms with van der Waals surface area (Å²) in [5.74, 6) is 1.04. The smallest absolute Gasteiger partial charge is 0.161 e. The van der Waals surface area contributed by atoms with E-state index in [0.29, 0.717) is 18.2 Å². The van der Waals surface area contributed by atoms with Gasteiger partial charge in [0.25, 0.3) is 0 Å². The van der Waals surface area contributed by atoms with Gasteiger partial charge in [0, 0.05) is 49.2 Å². The summed E-state index contributed by atoms with van der Waals surface area (Å²) in [5.41, 5.74) is 7.95. The van der Waals surface area contributed by atoms with Gasteiger partial charge >= 0.3 is 0 Å². The molecule has 11 aromatic rings. The molecule has 0 fully saturated rings. The predicted octanol–water partition coefficient (Wildman–Crippen LogP) is 13.7. The van der Waals surface area contributed by atoms with Gasteiger partial charge in [-0.25, -0.2) is 9.98 Å². The van der Waals surface area contributed by atoms with Crippen molar-refractivity contribution in [3.8, 4) is 11.1 Å². The van der Waals surface area contributed by atoms with E-state index in [-0.39, 0.29) is 0 Å². The van der Waals surface area contributed by atoms with Crippen molar-refractivity contribution >= 4 is 94.6 Å². The lowest BCUT2D eigenvalue weighted by Crippen LogP contribution is -2.07. The molecule has 0 N–H and O–H groups in total. The van der Waals surface area contributed by atoms with Gasteiger partial charge in [0.05, 0.1) is 6.54 Å². The standard InChI is InChI=1S/C52H33N3O2/c1-53-51(55-52(54-31-32-14-3-2-4-15-32)45-30-34-17-6-7-18-35(34)37-20-9-10-21-38(37)45)44-26-13-27-46-47(44)43-25-12-24-40(50(43)56-46)39-22-11-23-41-42-29-28-33-16-5-8-19-36(33)48(42)57-49(39)41/h2-30H,1,31H2. The van der Waals surface area contributed by atoms with Gasteiger partial charge in [0.15, 0.2) is 11.7 Å². The van der Waals surface area contributed by atoms with Crippen molar-refractivity contribution in [2.24, 2.45) is 15.0 Å². The molecule has 268 valence electrons. The van der Waals surface area contributed by atoms with E-state index in [4.69, 9.17) is 18.8 Å². The van der Waals surface area contributed by atoms with Gasteiger partial charge in [-0.1, -0.05) is 158 Å². The van der Waals surface area contributed by atoms with Crippen LogP contribution >= 0.6 is 0 Å². The van der Waals surface area contributed by atoms with Crippen molar-refractivity contribution in [1.29, 1.82) is 0 Å². The minimum atomic E-state index is 0.455. The molecule has 0 aliphatic carbocycles. The fourth-order valence-electron chi connectivity index (χ4n) is 8.44. The predicted molar refractivity (Wildman–Crippen MR) is 238 cm³/mol. The quantitative estimate of drug-likeness (QED) is 0.100. The van der Waals surface area contributed by atoms with Gasteiger partial charge in [0.1, 0.15) is 22.3 Å². The zero-order valence-corrected chi connectivity index (χ0v) is 30.8. The summed E-state index contributed by atoms with van der Waals surface area (Å²) in [5, 5.41) is 10.8. The Morgan fingerprint density at radius 2 is 1.07 bits per heavy atom. The van der Waals surface area contributed by atoms with Gasteiger partial charge in [-0.05, 0) is 57.4 Å². The number of para-hydroxylation sites is 2. The van der Waals surface area contributed by atoms with E-state index in [1.807, 2.05) is 36.4 Å². The third-order valence-electron chi connectivity index (χ3n) is 11.1. The molecule has 11 rings (SSSR count). The summed E-state index contributed by atoms with van der Waals surface area (Å²) in [7, 11) is 0. The third kappa shape index (κ3) is 5.35. The molecular formula is C52H33N3O2. The van der Waals surface area contributed by atoms with Crippen LogP contribution in [0.25, 0.3) is 87.3 Å². The number of hydrogen-bond acceptors (Lipinski definition) is 3. The number of hydrogen-bond donors (Lipinski definition) is 0. The molecule has 0 atom stereocenters. The van der Waals surface area contributed by atoms with E-state index in [1.165, 1.54) is 5.39 Å². The fourth-order valence-corrected chi connectivity index (χ4v) is 8.44. The molecule has 0 unspecified atom stereocenters. The Hall–Kier alpha value is -7.63. The minimum Gasteiger partial charge on any atom is -0.455 e. The molecule has 0 spiro atoms. The zero-order chi connectivity index (χ0) is 37.9. The van der Waals surface area contributed by atoms with Gasteiger partial charge < -0.3 is 8.83 Å². The van der Waals surface area contributed by atoms with Crippen molar-refractivity contribution in [3.05, 3.63) is 193 Å². The Morgan fingerprint density at radius 1 is 0.439 bits per heavy atom. The normalized spacial score (nSPS) is 12.6. The third-order valence-corrected chi connectivity index (χ3v) is 11.1. The zero-order valence-electron chi connectivity index (χ0n) is 30.8. The first-order chi connectivity index (χ1) is 28.2. The van der Waals surface area contributed by atoms with Crippen LogP contribution in [0.5, 0.6) is 0 Å². The van der Waals surface area contributed by atoms with Crippen molar-refractivity contribution < 1.29 is 8.83 Å². The van der Waals surface area contributed by atoms with E-state index in [1.54, 1.807) is 0 Å². The molecule has 0 amide bonds. The summed E-state index contributed by atoms with van der Waals surface area (Å²) in [6, 6.07) is 60.6. The van der Waals surface area contributed by atoms with Gasteiger partial charge in [-0.15, -0.1) is 0 Å². The van der Waals surface area contributed by atoms with E-state index >= 15 is 0 Å². The van der Waals surface area contributed by atoms with Crippen LogP contribution in [0.15, 0.2) is 200 Å². The van der Waals surface area contributed by atoms with Crippen LogP contribution in [-0.2, 0) is 6.54 Å². The number of fused-ring (bicyclic) bond motifs is 11. The lowest BCUT2D eigenvalue weighted by molar-refractivity contribution is 0.666. The highest BCUT2D eigenvalue weighted by Gasteiger charge is 2.21. The molecule has 5 nitrogen and oxygen atoms in total. The number of furan rings is 2. The lowest BCUT2D eigenvalue weighted by Gasteiger charge is -2.12. The average molecular weight is 732 g/mol. The van der Waals surface area contributed by atoms with Crippen LogP contribution in [0, 0.1) is 0 Å². The fraction of sp³-hybridized carbons (Fsp3) is 0.0192. The van der Waals surface area contributed by atoms with Crippen LogP contribution in [0.3, 0.4) is 0 Å². The molecule has 0 saturated heterocycles. The lowest BCUT2D eigenvalue weighted by atomic mass is 9.96. The van der Waals surface area contributed by atoms with Crippen molar-refractivity contribution in [2.45, 2.75) is 6.54 Å². The molecule has 2 heterocycles. The number of aliphatic imine (C=N–C) groups is 3. The Labute approximate surface area is 327 Å². The summed E-state index contributed by atoms with van der Waals surface area (Å²) < 4.78 is 13.5. The average Bonchev–Trinajstić information content (AvgIpc) is 3.86. The van der Waals surface area contributed by atoms with Crippen LogP contribution < -0.4 is 0 Å². The summed E-state index contributed by atoms with van der Waals surface area (Å²) in [6.07, 6.45) is 0. The van der Waals surface area contributed by atoms with Gasteiger partial charge in [0.2, 0.25) is 0 Å². The second kappa shape index (κ2) is 13.3. The minimum absolute atomic E-state index is 0.455. The summed E-state index contributed by atoms with van der Waals surface area (Å²) in [6.45, 7) is 4.50. The van der Waals surface area contributed by atoms with Crippen LogP contribution in [0.1, 0.15) is 16.7 Å². The Bertz CT molecular complexity index is 3460. The molecule has 57 heavy (non-hydrogen) atoms. The second-order valence-electron chi connectivity index (χ2n) is 14.3. The molecule has 0 aliphatic heterocycles. The van der Waals surface area contributed by atoms with E-state index in [9.17, 15) is 0 Å². The van der Waals surface area contributed by atoms with Crippen molar-refractivity contribution in [2.75, 3.05) is 0 Å². The Morgan fingerprint density at radius 3 is 1.88 bits per heavy atom. The summed E-state index contributed by atoms with van der Waals surface area (Å²) in [4.78, 5) is 15.1. The number of amidine groups is 2. The maximum atomic E-state index is 6.78. The number of benzene rings is 9. The van der Waals surface area contributed by atoms with Crippen LogP contribution in [0.2, 0.25) is 0 Å². The highest BCUT2D eigenvalue weighted by Crippen LogP contribution is 2.43. The van der Waals surface area contributed by atoms with Crippen molar-refractivity contribution in [3.63, 3.8) is 0 Å². The van der Waals surface area contributed by atoms with E-state index in [2.05, 4.69) is 151 Å². The van der Waals surface area contributed by atoms with E-state index < -0.39 is 0 Å². The van der Waals surface area contributed by atoms with Crippen molar-refractivity contribution in [1.82, 2.24) is 0 Å². The molecule has 0 radical (unpaired) electrons. The highest BCUT2D eigenvalue weighted by atomic mass is 16.3. The molecule has 0 bridgehead atoms. The van der Waals surface area contributed by atoms with Crippen LogP contribution in [0.4, 0.5) is 0 Å². The molecule has 9 aromatic carbocycles. The molecule has 5 heteroatoms. The number of rotatable bonds is 5. The Balaban J connectivity index is 1.11. The molecule has 2 aromatic heterocycles. The SMILES string of the molecule is C=NC(=NC(=NCc1ccccc1)c1cc2ccccc2c2ccccc12)c1cccc2oc3c(-c4cccc5c4oc4c6ccccc6ccc54)cccc3c12. The maximum Gasteiger partial charge on any atom is 0.161 e. The monoisotopic (exact) mass is 731 g/mol. The van der Waals surface area contributed by atoms with E-state index in [0.717, 1.165) is 98.6 Å². The molecule has 0 saturated carbocycles. The topological polar surface area (TPSA) is 63.4 Å². The molecule has 0 aliphatic rings.